The zero-order chi connectivity index (χ0) is 27.9. The van der Waals surface area contributed by atoms with Gasteiger partial charge in [0.25, 0.3) is 5.69 Å². The highest BCUT2D eigenvalue weighted by Gasteiger charge is 2.32. The Morgan fingerprint density at radius 3 is 2.35 bits per heavy atom. The second-order valence-electron chi connectivity index (χ2n) is 8.47. The molecule has 0 aliphatic heterocycles. The number of hydrogen-bond acceptors (Lipinski definition) is 6. The van der Waals surface area contributed by atoms with Gasteiger partial charge >= 0.3 is 0 Å². The first kappa shape index (κ1) is 30.3. The van der Waals surface area contributed by atoms with Crippen molar-refractivity contribution in [3.63, 3.8) is 0 Å². The van der Waals surface area contributed by atoms with Crippen LogP contribution in [0.15, 0.2) is 36.4 Å². The van der Waals surface area contributed by atoms with E-state index in [1.165, 1.54) is 23.1 Å². The maximum atomic E-state index is 13.7. The summed E-state index contributed by atoms with van der Waals surface area (Å²) in [4.78, 5) is 38.6. The van der Waals surface area contributed by atoms with Crippen molar-refractivity contribution in [3.8, 4) is 0 Å². The van der Waals surface area contributed by atoms with Crippen LogP contribution in [-0.2, 0) is 26.2 Å². The lowest BCUT2D eigenvalue weighted by Crippen LogP contribution is -2.52. The number of sulfonamides is 1. The van der Waals surface area contributed by atoms with Gasteiger partial charge in [-0.2, -0.15) is 0 Å². The molecular formula is C24H30Cl2N4O6S. The summed E-state index contributed by atoms with van der Waals surface area (Å²) >= 11 is 12.3. The summed E-state index contributed by atoms with van der Waals surface area (Å²) in [5, 5.41) is 14.8. The van der Waals surface area contributed by atoms with E-state index in [0.717, 1.165) is 16.6 Å². The van der Waals surface area contributed by atoms with Crippen LogP contribution in [0.1, 0.15) is 37.8 Å². The van der Waals surface area contributed by atoms with Gasteiger partial charge < -0.3 is 10.2 Å². The molecule has 0 aliphatic carbocycles. The SMILES string of the molecule is CCCNC(=O)C(CC)N(Cc1ccc(Cl)cc1Cl)C(=O)CN(c1cc([N+](=O)[O-])ccc1C)S(C)(=O)=O. The molecule has 0 aromatic heterocycles. The van der Waals surface area contributed by atoms with Gasteiger partial charge in [0.05, 0.1) is 16.9 Å². The number of non-ortho nitro benzene ring substituents is 1. The van der Waals surface area contributed by atoms with Gasteiger partial charge in [-0.1, -0.05) is 49.2 Å². The molecule has 2 rings (SSSR count). The molecule has 2 amide bonds. The second kappa shape index (κ2) is 13.1. The molecule has 13 heteroatoms. The number of aryl methyl sites for hydroxylation is 1. The summed E-state index contributed by atoms with van der Waals surface area (Å²) in [6.45, 7) is 4.85. The summed E-state index contributed by atoms with van der Waals surface area (Å²) in [5.74, 6) is -1.07. The number of nitro groups is 1. The van der Waals surface area contributed by atoms with Crippen LogP contribution in [0.4, 0.5) is 11.4 Å². The number of anilines is 1. The van der Waals surface area contributed by atoms with Crippen molar-refractivity contribution in [2.24, 2.45) is 0 Å². The smallest absolute Gasteiger partial charge is 0.271 e. The largest absolute Gasteiger partial charge is 0.354 e. The maximum Gasteiger partial charge on any atom is 0.271 e. The van der Waals surface area contributed by atoms with Crippen molar-refractivity contribution < 1.29 is 22.9 Å². The molecule has 1 N–H and O–H groups in total. The number of nitro benzene ring substituents is 1. The molecule has 0 radical (unpaired) electrons. The molecule has 2 aromatic rings. The zero-order valence-corrected chi connectivity index (χ0v) is 23.4. The molecule has 0 saturated carbocycles. The predicted octanol–water partition coefficient (Wildman–Crippen LogP) is 4.31. The quantitative estimate of drug-likeness (QED) is 0.298. The van der Waals surface area contributed by atoms with E-state index < -0.39 is 33.4 Å². The second-order valence-corrected chi connectivity index (χ2v) is 11.2. The van der Waals surface area contributed by atoms with Crippen molar-refractivity contribution in [1.29, 1.82) is 0 Å². The number of rotatable bonds is 12. The Morgan fingerprint density at radius 1 is 1.14 bits per heavy atom. The van der Waals surface area contributed by atoms with E-state index in [9.17, 15) is 28.1 Å². The van der Waals surface area contributed by atoms with Gasteiger partial charge in [-0.3, -0.25) is 24.0 Å². The Hall–Kier alpha value is -2.89. The molecule has 0 aliphatic rings. The molecule has 0 bridgehead atoms. The van der Waals surface area contributed by atoms with E-state index in [0.29, 0.717) is 29.1 Å². The normalized spacial score (nSPS) is 12.1. The number of nitrogens with one attached hydrogen (secondary N) is 1. The maximum absolute atomic E-state index is 13.7. The third-order valence-electron chi connectivity index (χ3n) is 5.64. The molecule has 2 aromatic carbocycles. The fraction of sp³-hybridized carbons (Fsp3) is 0.417. The fourth-order valence-corrected chi connectivity index (χ4v) is 5.06. The van der Waals surface area contributed by atoms with E-state index in [4.69, 9.17) is 23.2 Å². The Labute approximate surface area is 226 Å². The van der Waals surface area contributed by atoms with Gasteiger partial charge in [0.15, 0.2) is 0 Å². The summed E-state index contributed by atoms with van der Waals surface area (Å²) < 4.78 is 26.3. The standard InChI is InChI=1S/C24H30Cl2N4O6S/c1-5-11-27-24(32)21(6-2)28(14-17-8-9-18(25)12-20(17)26)23(31)15-29(37(4,35)36)22-13-19(30(33)34)10-7-16(22)3/h7-10,12-13,21H,5-6,11,14-15H2,1-4H3,(H,27,32). The molecule has 37 heavy (non-hydrogen) atoms. The number of hydrogen-bond donors (Lipinski definition) is 1. The van der Waals surface area contributed by atoms with Crippen LogP contribution < -0.4 is 9.62 Å². The van der Waals surface area contributed by atoms with E-state index in [-0.39, 0.29) is 35.3 Å². The third-order valence-corrected chi connectivity index (χ3v) is 7.36. The summed E-state index contributed by atoms with van der Waals surface area (Å²) in [7, 11) is -4.05. The minimum atomic E-state index is -4.05. The first-order valence-corrected chi connectivity index (χ1v) is 14.1. The van der Waals surface area contributed by atoms with Gasteiger partial charge in [-0.25, -0.2) is 8.42 Å². The topological polar surface area (TPSA) is 130 Å². The number of amides is 2. The van der Waals surface area contributed by atoms with Crippen molar-refractivity contribution >= 4 is 56.4 Å². The van der Waals surface area contributed by atoms with Gasteiger partial charge in [-0.05, 0) is 43.0 Å². The summed E-state index contributed by atoms with van der Waals surface area (Å²) in [5.41, 5.74) is 0.609. The Kier molecular flexibility index (Phi) is 10.7. The van der Waals surface area contributed by atoms with Gasteiger partial charge in [0.1, 0.15) is 12.6 Å². The number of halogens is 2. The molecule has 0 fully saturated rings. The predicted molar refractivity (Wildman–Crippen MR) is 144 cm³/mol. The first-order chi connectivity index (χ1) is 17.3. The lowest BCUT2D eigenvalue weighted by molar-refractivity contribution is -0.384. The van der Waals surface area contributed by atoms with Crippen molar-refractivity contribution in [2.75, 3.05) is 23.7 Å². The van der Waals surface area contributed by atoms with Crippen LogP contribution in [-0.4, -0.2) is 55.4 Å². The highest BCUT2D eigenvalue weighted by molar-refractivity contribution is 7.92. The van der Waals surface area contributed by atoms with E-state index in [1.54, 1.807) is 26.0 Å². The lowest BCUT2D eigenvalue weighted by Gasteiger charge is -2.33. The average Bonchev–Trinajstić information content (AvgIpc) is 2.81. The van der Waals surface area contributed by atoms with Crippen LogP contribution >= 0.6 is 23.2 Å². The molecule has 202 valence electrons. The van der Waals surface area contributed by atoms with Crippen LogP contribution in [0.25, 0.3) is 0 Å². The van der Waals surface area contributed by atoms with E-state index >= 15 is 0 Å². The Morgan fingerprint density at radius 2 is 1.81 bits per heavy atom. The van der Waals surface area contributed by atoms with Crippen LogP contribution in [0.3, 0.4) is 0 Å². The highest BCUT2D eigenvalue weighted by atomic mass is 35.5. The van der Waals surface area contributed by atoms with Gasteiger partial charge in [0, 0.05) is 35.3 Å². The minimum absolute atomic E-state index is 0.00184. The highest BCUT2D eigenvalue weighted by Crippen LogP contribution is 2.29. The molecule has 1 unspecified atom stereocenters. The molecular weight excluding hydrogens is 543 g/mol. The van der Waals surface area contributed by atoms with Crippen molar-refractivity contribution in [1.82, 2.24) is 10.2 Å². The first-order valence-electron chi connectivity index (χ1n) is 11.5. The van der Waals surface area contributed by atoms with Gasteiger partial charge in [-0.15, -0.1) is 0 Å². The summed E-state index contributed by atoms with van der Waals surface area (Å²) in [6, 6.07) is 7.58. The lowest BCUT2D eigenvalue weighted by atomic mass is 10.1. The van der Waals surface area contributed by atoms with Gasteiger partial charge in [0.2, 0.25) is 21.8 Å². The molecule has 1 atom stereocenters. The van der Waals surface area contributed by atoms with Crippen molar-refractivity contribution in [2.45, 2.75) is 46.2 Å². The minimum Gasteiger partial charge on any atom is -0.354 e. The van der Waals surface area contributed by atoms with E-state index in [1.807, 2.05) is 6.92 Å². The fourth-order valence-electron chi connectivity index (χ4n) is 3.69. The van der Waals surface area contributed by atoms with Crippen LogP contribution in [0, 0.1) is 17.0 Å². The van der Waals surface area contributed by atoms with Crippen molar-refractivity contribution in [3.05, 3.63) is 67.7 Å². The average molecular weight is 573 g/mol. The zero-order valence-electron chi connectivity index (χ0n) is 21.0. The monoisotopic (exact) mass is 572 g/mol. The number of nitrogens with zero attached hydrogens (tertiary/aromatic N) is 3. The van der Waals surface area contributed by atoms with Crippen LogP contribution in [0.2, 0.25) is 10.0 Å². The molecule has 0 spiro atoms. The number of benzene rings is 2. The molecule has 0 heterocycles. The van der Waals surface area contributed by atoms with Crippen LogP contribution in [0.5, 0.6) is 0 Å². The Balaban J connectivity index is 2.55. The van der Waals surface area contributed by atoms with E-state index in [2.05, 4.69) is 5.32 Å². The number of carbonyl (C=O) groups excluding carboxylic acids is 2. The molecule has 10 nitrogen and oxygen atoms in total. The number of carbonyl (C=O) groups is 2. The Bertz CT molecular complexity index is 1270. The third kappa shape index (κ3) is 8.05. The molecule has 0 saturated heterocycles. The summed E-state index contributed by atoms with van der Waals surface area (Å²) in [6.07, 6.45) is 1.85.